The Labute approximate surface area is 85.8 Å². The molecule has 82 valence electrons. The van der Waals surface area contributed by atoms with E-state index in [-0.39, 0.29) is 5.97 Å². The first-order chi connectivity index (χ1) is 6.83. The van der Waals surface area contributed by atoms with Gasteiger partial charge in [-0.25, -0.2) is 0 Å². The highest BCUT2D eigenvalue weighted by Gasteiger charge is 2.14. The zero-order valence-corrected chi connectivity index (χ0v) is 8.96. The van der Waals surface area contributed by atoms with Crippen LogP contribution < -0.4 is 0 Å². The first-order valence-electron chi connectivity index (χ1n) is 5.47. The van der Waals surface area contributed by atoms with E-state index in [9.17, 15) is 4.79 Å². The smallest absolute Gasteiger partial charge is 0.305 e. The molecule has 0 aliphatic heterocycles. The normalized spacial score (nSPS) is 17.2. The van der Waals surface area contributed by atoms with Gasteiger partial charge in [-0.05, 0) is 25.2 Å². The van der Waals surface area contributed by atoms with E-state index in [4.69, 9.17) is 4.74 Å². The summed E-state index contributed by atoms with van der Waals surface area (Å²) in [4.78, 5) is 10.8. The number of methoxy groups -OCH3 is 1. The molecule has 1 aliphatic carbocycles. The number of hydrogen-bond donors (Lipinski definition) is 0. The van der Waals surface area contributed by atoms with Gasteiger partial charge in [-0.1, -0.05) is 12.8 Å². The molecule has 3 nitrogen and oxygen atoms in total. The van der Waals surface area contributed by atoms with Crippen LogP contribution in [0, 0.1) is 5.92 Å². The van der Waals surface area contributed by atoms with Crippen LogP contribution in [-0.2, 0) is 14.3 Å². The molecule has 0 unspecified atom stereocenters. The van der Waals surface area contributed by atoms with Gasteiger partial charge in [0.05, 0.1) is 7.11 Å². The Hall–Kier alpha value is -0.570. The van der Waals surface area contributed by atoms with Crippen molar-refractivity contribution in [1.29, 1.82) is 0 Å². The second-order valence-corrected chi connectivity index (χ2v) is 3.91. The number of ether oxygens (including phenoxy) is 2. The molecule has 0 bridgehead atoms. The van der Waals surface area contributed by atoms with Gasteiger partial charge in [0.15, 0.2) is 0 Å². The largest absolute Gasteiger partial charge is 0.469 e. The van der Waals surface area contributed by atoms with Crippen LogP contribution >= 0.6 is 0 Å². The van der Waals surface area contributed by atoms with Crippen molar-refractivity contribution in [3.8, 4) is 0 Å². The van der Waals surface area contributed by atoms with Crippen LogP contribution in [0.1, 0.15) is 38.5 Å². The third-order valence-electron chi connectivity index (χ3n) is 2.73. The molecule has 14 heavy (non-hydrogen) atoms. The maximum absolute atomic E-state index is 10.8. The van der Waals surface area contributed by atoms with E-state index >= 15 is 0 Å². The van der Waals surface area contributed by atoms with Crippen molar-refractivity contribution >= 4 is 5.97 Å². The van der Waals surface area contributed by atoms with Gasteiger partial charge >= 0.3 is 5.97 Å². The minimum Gasteiger partial charge on any atom is -0.469 e. The number of carbonyl (C=O) groups excluding carboxylic acids is 1. The molecule has 0 atom stereocenters. The van der Waals surface area contributed by atoms with Crippen LogP contribution in [0.2, 0.25) is 0 Å². The van der Waals surface area contributed by atoms with E-state index < -0.39 is 0 Å². The summed E-state index contributed by atoms with van der Waals surface area (Å²) in [6.45, 7) is 1.56. The van der Waals surface area contributed by atoms with E-state index in [1.54, 1.807) is 0 Å². The predicted octanol–water partition coefficient (Wildman–Crippen LogP) is 2.15. The highest BCUT2D eigenvalue weighted by molar-refractivity contribution is 5.68. The SMILES string of the molecule is COC(=O)CCCOCC1CCCC1. The van der Waals surface area contributed by atoms with Gasteiger partial charge < -0.3 is 9.47 Å². The highest BCUT2D eigenvalue weighted by atomic mass is 16.5. The molecule has 3 heteroatoms. The Kier molecular flexibility index (Phi) is 5.60. The van der Waals surface area contributed by atoms with Crippen LogP contribution in [0.5, 0.6) is 0 Å². The Morgan fingerprint density at radius 2 is 2.07 bits per heavy atom. The molecule has 0 heterocycles. The van der Waals surface area contributed by atoms with Crippen LogP contribution in [0.25, 0.3) is 0 Å². The minimum atomic E-state index is -0.144. The molecular formula is C11H20O3. The van der Waals surface area contributed by atoms with E-state index in [1.807, 2.05) is 0 Å². The van der Waals surface area contributed by atoms with Gasteiger partial charge in [-0.2, -0.15) is 0 Å². The zero-order valence-electron chi connectivity index (χ0n) is 8.96. The Balaban J connectivity index is 1.86. The van der Waals surface area contributed by atoms with Crippen molar-refractivity contribution in [1.82, 2.24) is 0 Å². The van der Waals surface area contributed by atoms with Crippen molar-refractivity contribution in [2.45, 2.75) is 38.5 Å². The van der Waals surface area contributed by atoms with Crippen molar-refractivity contribution in [2.75, 3.05) is 20.3 Å². The maximum Gasteiger partial charge on any atom is 0.305 e. The van der Waals surface area contributed by atoms with Crippen LogP contribution in [-0.4, -0.2) is 26.3 Å². The van der Waals surface area contributed by atoms with E-state index in [1.165, 1.54) is 32.8 Å². The molecular weight excluding hydrogens is 180 g/mol. The fourth-order valence-electron chi connectivity index (χ4n) is 1.85. The van der Waals surface area contributed by atoms with Crippen LogP contribution in [0.3, 0.4) is 0 Å². The lowest BCUT2D eigenvalue weighted by molar-refractivity contribution is -0.141. The molecule has 0 aromatic heterocycles. The summed E-state index contributed by atoms with van der Waals surface area (Å²) >= 11 is 0. The number of esters is 1. The summed E-state index contributed by atoms with van der Waals surface area (Å²) in [5.41, 5.74) is 0. The highest BCUT2D eigenvalue weighted by Crippen LogP contribution is 2.24. The van der Waals surface area contributed by atoms with Gasteiger partial charge in [0.2, 0.25) is 0 Å². The van der Waals surface area contributed by atoms with Crippen molar-refractivity contribution < 1.29 is 14.3 Å². The van der Waals surface area contributed by atoms with Crippen LogP contribution in [0.4, 0.5) is 0 Å². The summed E-state index contributed by atoms with van der Waals surface area (Å²) in [6.07, 6.45) is 6.60. The number of hydrogen-bond acceptors (Lipinski definition) is 3. The average Bonchev–Trinajstić information content (AvgIpc) is 2.69. The Morgan fingerprint density at radius 3 is 2.71 bits per heavy atom. The average molecular weight is 200 g/mol. The minimum absolute atomic E-state index is 0.144. The molecule has 0 saturated heterocycles. The Bertz CT molecular complexity index is 162. The summed E-state index contributed by atoms with van der Waals surface area (Å²) in [5, 5.41) is 0. The van der Waals surface area contributed by atoms with E-state index in [2.05, 4.69) is 4.74 Å². The van der Waals surface area contributed by atoms with Crippen molar-refractivity contribution in [2.24, 2.45) is 5.92 Å². The lowest BCUT2D eigenvalue weighted by Gasteiger charge is -2.09. The predicted molar refractivity (Wildman–Crippen MR) is 54.0 cm³/mol. The zero-order chi connectivity index (χ0) is 10.2. The molecule has 0 spiro atoms. The number of carbonyl (C=O) groups is 1. The second-order valence-electron chi connectivity index (χ2n) is 3.91. The molecule has 1 saturated carbocycles. The Morgan fingerprint density at radius 1 is 1.36 bits per heavy atom. The molecule has 0 amide bonds. The third kappa shape index (κ3) is 4.61. The number of rotatable bonds is 6. The fraction of sp³-hybridized carbons (Fsp3) is 0.909. The van der Waals surface area contributed by atoms with Crippen molar-refractivity contribution in [3.05, 3.63) is 0 Å². The van der Waals surface area contributed by atoms with Gasteiger partial charge in [0.1, 0.15) is 0 Å². The molecule has 0 aromatic carbocycles. The fourth-order valence-corrected chi connectivity index (χ4v) is 1.85. The van der Waals surface area contributed by atoms with E-state index in [0.29, 0.717) is 13.0 Å². The third-order valence-corrected chi connectivity index (χ3v) is 2.73. The first-order valence-corrected chi connectivity index (χ1v) is 5.47. The summed E-state index contributed by atoms with van der Waals surface area (Å²) in [7, 11) is 1.42. The molecule has 1 rings (SSSR count). The molecule has 1 aliphatic rings. The van der Waals surface area contributed by atoms with Gasteiger partial charge in [-0.15, -0.1) is 0 Å². The van der Waals surface area contributed by atoms with Crippen LogP contribution in [0.15, 0.2) is 0 Å². The summed E-state index contributed by atoms with van der Waals surface area (Å²) in [6, 6.07) is 0. The lowest BCUT2D eigenvalue weighted by atomic mass is 10.1. The monoisotopic (exact) mass is 200 g/mol. The van der Waals surface area contributed by atoms with E-state index in [0.717, 1.165) is 18.9 Å². The first kappa shape index (κ1) is 11.5. The summed E-state index contributed by atoms with van der Waals surface area (Å²) in [5.74, 6) is 0.627. The molecule has 0 radical (unpaired) electrons. The maximum atomic E-state index is 10.8. The quantitative estimate of drug-likeness (QED) is 0.487. The molecule has 0 N–H and O–H groups in total. The lowest BCUT2D eigenvalue weighted by Crippen LogP contribution is -2.08. The van der Waals surface area contributed by atoms with Crippen molar-refractivity contribution in [3.63, 3.8) is 0 Å². The molecule has 1 fully saturated rings. The van der Waals surface area contributed by atoms with Gasteiger partial charge in [-0.3, -0.25) is 4.79 Å². The van der Waals surface area contributed by atoms with Gasteiger partial charge in [0.25, 0.3) is 0 Å². The summed E-state index contributed by atoms with van der Waals surface area (Å²) < 4.78 is 10.0. The van der Waals surface area contributed by atoms with Gasteiger partial charge in [0, 0.05) is 19.6 Å². The molecule has 0 aromatic rings. The standard InChI is InChI=1S/C11H20O3/c1-13-11(12)7-4-8-14-9-10-5-2-3-6-10/h10H,2-9H2,1H3. The second kappa shape index (κ2) is 6.82. The topological polar surface area (TPSA) is 35.5 Å².